The first kappa shape index (κ1) is 21.0. The molecule has 3 amide bonds. The molecule has 8 heteroatoms. The van der Waals surface area contributed by atoms with Crippen molar-refractivity contribution in [1.82, 2.24) is 26.6 Å². The smallest absolute Gasteiger partial charge is 0.321 e. The van der Waals surface area contributed by atoms with Crippen molar-refractivity contribution in [3.63, 3.8) is 0 Å². The monoisotopic (exact) mass is 398 g/mol. The van der Waals surface area contributed by atoms with Crippen LogP contribution in [0.1, 0.15) is 26.7 Å². The van der Waals surface area contributed by atoms with Crippen molar-refractivity contribution in [2.75, 3.05) is 18.4 Å². The second-order valence-corrected chi connectivity index (χ2v) is 7.41. The summed E-state index contributed by atoms with van der Waals surface area (Å²) in [7, 11) is 0. The van der Waals surface area contributed by atoms with E-state index in [1.165, 1.54) is 6.92 Å². The van der Waals surface area contributed by atoms with Crippen molar-refractivity contribution in [2.24, 2.45) is 0 Å². The minimum absolute atomic E-state index is 0.0136. The van der Waals surface area contributed by atoms with E-state index in [9.17, 15) is 9.59 Å². The maximum atomic E-state index is 12.4. The highest BCUT2D eigenvalue weighted by Gasteiger charge is 2.25. The maximum Gasteiger partial charge on any atom is 0.321 e. The molecule has 0 spiro atoms. The van der Waals surface area contributed by atoms with Gasteiger partial charge >= 0.3 is 6.03 Å². The average molecular weight is 399 g/mol. The Morgan fingerprint density at radius 3 is 2.66 bits per heavy atom. The van der Waals surface area contributed by atoms with Crippen LogP contribution in [0.5, 0.6) is 0 Å². The van der Waals surface area contributed by atoms with E-state index in [-0.39, 0.29) is 30.4 Å². The number of carbonyl (C=O) groups excluding carboxylic acids is 2. The third kappa shape index (κ3) is 6.70. The van der Waals surface area contributed by atoms with E-state index < -0.39 is 0 Å². The number of urea groups is 1. The number of hydrogen-bond acceptors (Lipinski definition) is 5. The molecule has 1 heterocycles. The van der Waals surface area contributed by atoms with Gasteiger partial charge in [-0.15, -0.1) is 0 Å². The van der Waals surface area contributed by atoms with Crippen molar-refractivity contribution in [3.05, 3.63) is 42.5 Å². The van der Waals surface area contributed by atoms with Gasteiger partial charge in [-0.2, -0.15) is 0 Å². The number of nitrogens with one attached hydrogen (secondary N) is 6. The van der Waals surface area contributed by atoms with Crippen LogP contribution in [0.3, 0.4) is 0 Å². The van der Waals surface area contributed by atoms with Crippen LogP contribution in [0.4, 0.5) is 10.5 Å². The van der Waals surface area contributed by atoms with E-state index in [2.05, 4.69) is 38.8 Å². The zero-order valence-electron chi connectivity index (χ0n) is 16.9. The highest BCUT2D eigenvalue weighted by Crippen LogP contribution is 2.18. The number of fused-ring (bicyclic) bond motifs is 1. The minimum atomic E-state index is -0.341. The molecule has 0 aliphatic carbocycles. The molecule has 1 fully saturated rings. The van der Waals surface area contributed by atoms with E-state index in [4.69, 9.17) is 0 Å². The first-order chi connectivity index (χ1) is 14.0. The van der Waals surface area contributed by atoms with Gasteiger partial charge in [0.05, 0.1) is 6.17 Å². The Bertz CT molecular complexity index is 843. The van der Waals surface area contributed by atoms with E-state index in [1.807, 2.05) is 42.5 Å². The van der Waals surface area contributed by atoms with Gasteiger partial charge in [0, 0.05) is 25.2 Å². The Morgan fingerprint density at radius 1 is 1.07 bits per heavy atom. The first-order valence-electron chi connectivity index (χ1n) is 10.1. The Balaban J connectivity index is 1.46. The molecule has 29 heavy (non-hydrogen) atoms. The quantitative estimate of drug-likeness (QED) is 0.398. The predicted molar refractivity (Wildman–Crippen MR) is 115 cm³/mol. The normalized spacial score (nSPS) is 21.5. The number of benzene rings is 2. The topological polar surface area (TPSA) is 106 Å². The summed E-state index contributed by atoms with van der Waals surface area (Å²) in [6.45, 7) is 5.03. The molecule has 0 radical (unpaired) electrons. The molecule has 3 rings (SSSR count). The SMILES string of the molecule is CC(=O)NCCCNC1CC(C)NC(NC(=O)Nc2ccc3ccccc3c2)N1. The molecule has 8 nitrogen and oxygen atoms in total. The molecular formula is C21H30N6O2. The van der Waals surface area contributed by atoms with Gasteiger partial charge < -0.3 is 21.3 Å². The van der Waals surface area contributed by atoms with Gasteiger partial charge in [-0.3, -0.25) is 15.4 Å². The largest absolute Gasteiger partial charge is 0.356 e. The van der Waals surface area contributed by atoms with Gasteiger partial charge in [0.1, 0.15) is 6.29 Å². The average Bonchev–Trinajstić information content (AvgIpc) is 2.67. The highest BCUT2D eigenvalue weighted by molar-refractivity contribution is 5.93. The molecule has 2 aromatic rings. The van der Waals surface area contributed by atoms with Crippen LogP contribution in [0.25, 0.3) is 10.8 Å². The third-order valence-corrected chi connectivity index (χ3v) is 4.81. The first-order valence-corrected chi connectivity index (χ1v) is 10.1. The Morgan fingerprint density at radius 2 is 1.86 bits per heavy atom. The van der Waals surface area contributed by atoms with Crippen molar-refractivity contribution in [1.29, 1.82) is 0 Å². The molecule has 0 saturated carbocycles. The zero-order chi connectivity index (χ0) is 20.6. The molecule has 6 N–H and O–H groups in total. The predicted octanol–water partition coefficient (Wildman–Crippen LogP) is 1.66. The van der Waals surface area contributed by atoms with Crippen LogP contribution in [0.2, 0.25) is 0 Å². The number of anilines is 1. The summed E-state index contributed by atoms with van der Waals surface area (Å²) in [5.41, 5.74) is 0.748. The maximum absolute atomic E-state index is 12.4. The standard InChI is InChI=1S/C21H30N6O2/c1-14-12-19(23-11-5-10-22-15(2)28)26-20(24-14)27-21(29)25-18-9-8-16-6-3-4-7-17(16)13-18/h3-4,6-9,13-14,19-20,23-24,26H,5,10-12H2,1-2H3,(H,22,28)(H2,25,27,29). The lowest BCUT2D eigenvalue weighted by Gasteiger charge is -2.36. The third-order valence-electron chi connectivity index (χ3n) is 4.81. The minimum Gasteiger partial charge on any atom is -0.356 e. The molecular weight excluding hydrogens is 368 g/mol. The fourth-order valence-electron chi connectivity index (χ4n) is 3.44. The van der Waals surface area contributed by atoms with Crippen LogP contribution in [0, 0.1) is 0 Å². The second-order valence-electron chi connectivity index (χ2n) is 7.41. The summed E-state index contributed by atoms with van der Waals surface area (Å²) in [5.74, 6) is -0.0136. The molecule has 0 bridgehead atoms. The molecule has 2 aromatic carbocycles. The Labute approximate surface area is 171 Å². The summed E-state index contributed by atoms with van der Waals surface area (Å²) >= 11 is 0. The summed E-state index contributed by atoms with van der Waals surface area (Å²) in [5, 5.41) is 20.9. The van der Waals surface area contributed by atoms with Gasteiger partial charge in [0.2, 0.25) is 5.91 Å². The van der Waals surface area contributed by atoms with E-state index in [0.29, 0.717) is 6.54 Å². The molecule has 3 atom stereocenters. The molecule has 156 valence electrons. The van der Waals surface area contributed by atoms with Gasteiger partial charge in [-0.1, -0.05) is 30.3 Å². The molecule has 0 aromatic heterocycles. The molecule has 3 unspecified atom stereocenters. The van der Waals surface area contributed by atoms with Crippen LogP contribution >= 0.6 is 0 Å². The number of rotatable bonds is 7. The Kier molecular flexibility index (Phi) is 7.40. The highest BCUT2D eigenvalue weighted by atomic mass is 16.2. The number of amides is 3. The summed E-state index contributed by atoms with van der Waals surface area (Å²) < 4.78 is 0. The fourth-order valence-corrected chi connectivity index (χ4v) is 3.44. The van der Waals surface area contributed by atoms with Gasteiger partial charge in [-0.25, -0.2) is 4.79 Å². The second kappa shape index (κ2) is 10.2. The molecule has 1 aliphatic rings. The summed E-state index contributed by atoms with van der Waals surface area (Å²) in [6, 6.07) is 13.8. The van der Waals surface area contributed by atoms with Crippen molar-refractivity contribution >= 4 is 28.4 Å². The van der Waals surface area contributed by atoms with Crippen molar-refractivity contribution in [3.8, 4) is 0 Å². The molecule has 1 aliphatic heterocycles. The zero-order valence-corrected chi connectivity index (χ0v) is 16.9. The number of carbonyl (C=O) groups is 2. The van der Waals surface area contributed by atoms with Crippen LogP contribution in [-0.2, 0) is 4.79 Å². The van der Waals surface area contributed by atoms with Gasteiger partial charge in [0.15, 0.2) is 0 Å². The number of hydrogen-bond donors (Lipinski definition) is 6. The van der Waals surface area contributed by atoms with Crippen LogP contribution in [-0.4, -0.2) is 43.5 Å². The fraction of sp³-hybridized carbons (Fsp3) is 0.429. The van der Waals surface area contributed by atoms with Crippen molar-refractivity contribution in [2.45, 2.75) is 45.2 Å². The van der Waals surface area contributed by atoms with Crippen LogP contribution < -0.4 is 31.9 Å². The summed E-state index contributed by atoms with van der Waals surface area (Å²) in [6.07, 6.45) is 1.48. The lowest BCUT2D eigenvalue weighted by atomic mass is 10.1. The molecule has 1 saturated heterocycles. The lowest BCUT2D eigenvalue weighted by Crippen LogP contribution is -2.67. The van der Waals surface area contributed by atoms with Crippen molar-refractivity contribution < 1.29 is 9.59 Å². The Hall–Kier alpha value is -2.68. The van der Waals surface area contributed by atoms with E-state index >= 15 is 0 Å². The van der Waals surface area contributed by atoms with E-state index in [0.717, 1.165) is 35.8 Å². The lowest BCUT2D eigenvalue weighted by molar-refractivity contribution is -0.118. The van der Waals surface area contributed by atoms with Crippen LogP contribution in [0.15, 0.2) is 42.5 Å². The van der Waals surface area contributed by atoms with Gasteiger partial charge in [-0.05, 0) is 49.2 Å². The summed E-state index contributed by atoms with van der Waals surface area (Å²) in [4.78, 5) is 23.3. The van der Waals surface area contributed by atoms with E-state index in [1.54, 1.807) is 0 Å². The van der Waals surface area contributed by atoms with Gasteiger partial charge in [0.25, 0.3) is 0 Å².